The molecule has 0 aliphatic carbocycles. The Kier molecular flexibility index (Phi) is 3.96. The molecule has 5 heteroatoms. The smallest absolute Gasteiger partial charge is 0.239 e. The summed E-state index contributed by atoms with van der Waals surface area (Å²) in [5, 5.41) is 0.388. The lowest BCUT2D eigenvalue weighted by Crippen LogP contribution is -1.76. The molecule has 0 radical (unpaired) electrons. The Hall–Kier alpha value is -0.830. The van der Waals surface area contributed by atoms with Crippen LogP contribution in [0.2, 0.25) is 5.02 Å². The Balaban J connectivity index is 3.16. The van der Waals surface area contributed by atoms with E-state index in [2.05, 4.69) is 4.99 Å². The summed E-state index contributed by atoms with van der Waals surface area (Å²) in [7, 11) is 0. The first-order valence-electron chi connectivity index (χ1n) is 3.34. The SMILES string of the molecule is O=C=Nc1cccc(Cl)c1SCF. The second-order valence-electron chi connectivity index (χ2n) is 2.04. The van der Waals surface area contributed by atoms with E-state index >= 15 is 0 Å². The van der Waals surface area contributed by atoms with Gasteiger partial charge in [-0.15, -0.1) is 0 Å². The monoisotopic (exact) mass is 217 g/mol. The molecule has 13 heavy (non-hydrogen) atoms. The van der Waals surface area contributed by atoms with Crippen molar-refractivity contribution in [2.24, 2.45) is 4.99 Å². The van der Waals surface area contributed by atoms with Crippen molar-refractivity contribution in [3.63, 3.8) is 0 Å². The Bertz CT molecular complexity index is 352. The highest BCUT2D eigenvalue weighted by Gasteiger charge is 2.06. The fourth-order valence-electron chi connectivity index (χ4n) is 0.832. The summed E-state index contributed by atoms with van der Waals surface area (Å²) in [6.45, 7) is 0. The highest BCUT2D eigenvalue weighted by atomic mass is 35.5. The van der Waals surface area contributed by atoms with Crippen LogP contribution in [0.15, 0.2) is 28.1 Å². The van der Waals surface area contributed by atoms with E-state index in [4.69, 9.17) is 11.6 Å². The molecular formula is C8H5ClFNOS. The van der Waals surface area contributed by atoms with Crippen LogP contribution in [-0.2, 0) is 4.79 Å². The minimum absolute atomic E-state index is 0.352. The zero-order chi connectivity index (χ0) is 9.68. The minimum Gasteiger partial charge on any atom is -0.239 e. The summed E-state index contributed by atoms with van der Waals surface area (Å²) in [5.74, 6) is 0. The Morgan fingerprint density at radius 2 is 2.38 bits per heavy atom. The quantitative estimate of drug-likeness (QED) is 0.442. The summed E-state index contributed by atoms with van der Waals surface area (Å²) in [5.41, 5.74) is 0.352. The number of benzene rings is 1. The van der Waals surface area contributed by atoms with Crippen LogP contribution in [0.1, 0.15) is 0 Å². The van der Waals surface area contributed by atoms with Crippen LogP contribution in [-0.4, -0.2) is 12.1 Å². The van der Waals surface area contributed by atoms with E-state index in [-0.39, 0.29) is 0 Å². The lowest BCUT2D eigenvalue weighted by Gasteiger charge is -2.02. The molecule has 0 aliphatic rings. The molecule has 1 aromatic carbocycles. The lowest BCUT2D eigenvalue weighted by molar-refractivity contribution is 0.565. The summed E-state index contributed by atoms with van der Waals surface area (Å²) >= 11 is 6.66. The van der Waals surface area contributed by atoms with Crippen LogP contribution in [0, 0.1) is 0 Å². The molecule has 1 rings (SSSR count). The van der Waals surface area contributed by atoms with Crippen LogP contribution in [0.3, 0.4) is 0 Å². The molecule has 68 valence electrons. The molecule has 0 heterocycles. The van der Waals surface area contributed by atoms with Crippen molar-refractivity contribution in [3.05, 3.63) is 23.2 Å². The molecule has 0 N–H and O–H groups in total. The van der Waals surface area contributed by atoms with E-state index in [1.54, 1.807) is 18.2 Å². The number of halogens is 2. The molecule has 1 aromatic rings. The number of thioether (sulfide) groups is 1. The van der Waals surface area contributed by atoms with Crippen LogP contribution >= 0.6 is 23.4 Å². The van der Waals surface area contributed by atoms with Crippen molar-refractivity contribution in [1.82, 2.24) is 0 Å². The van der Waals surface area contributed by atoms with Gasteiger partial charge in [-0.1, -0.05) is 29.4 Å². The largest absolute Gasteiger partial charge is 0.240 e. The Labute approximate surface area is 83.8 Å². The predicted octanol–water partition coefficient (Wildman–Crippen LogP) is 3.33. The number of alkyl halides is 1. The molecule has 0 amide bonds. The normalized spacial score (nSPS) is 9.38. The highest BCUT2D eigenvalue weighted by molar-refractivity contribution is 7.99. The van der Waals surface area contributed by atoms with Crippen molar-refractivity contribution < 1.29 is 9.18 Å². The van der Waals surface area contributed by atoms with Gasteiger partial charge < -0.3 is 0 Å². The molecule has 0 bridgehead atoms. The Morgan fingerprint density at radius 1 is 1.62 bits per heavy atom. The first-order valence-corrected chi connectivity index (χ1v) is 4.71. The Morgan fingerprint density at radius 3 is 3.00 bits per heavy atom. The maximum Gasteiger partial charge on any atom is 0.240 e. The van der Waals surface area contributed by atoms with Crippen molar-refractivity contribution in [3.8, 4) is 0 Å². The van der Waals surface area contributed by atoms with Crippen LogP contribution in [0.4, 0.5) is 10.1 Å². The molecule has 0 saturated carbocycles. The maximum absolute atomic E-state index is 12.0. The molecule has 0 atom stereocenters. The average Bonchev–Trinajstić information content (AvgIpc) is 2.11. The van der Waals surface area contributed by atoms with E-state index < -0.39 is 6.01 Å². The molecule has 0 aliphatic heterocycles. The topological polar surface area (TPSA) is 29.4 Å². The molecule has 0 unspecified atom stereocenters. The first-order chi connectivity index (χ1) is 6.29. The molecule has 0 spiro atoms. The molecule has 0 fully saturated rings. The number of isocyanates is 1. The molecule has 2 nitrogen and oxygen atoms in total. The van der Waals surface area contributed by atoms with Gasteiger partial charge in [0, 0.05) is 0 Å². The third kappa shape index (κ3) is 2.56. The minimum atomic E-state index is -0.606. The van der Waals surface area contributed by atoms with Crippen molar-refractivity contribution in [2.45, 2.75) is 4.90 Å². The van der Waals surface area contributed by atoms with Gasteiger partial charge >= 0.3 is 0 Å². The summed E-state index contributed by atoms with van der Waals surface area (Å²) in [6.07, 6.45) is 1.39. The average molecular weight is 218 g/mol. The summed E-state index contributed by atoms with van der Waals surface area (Å²) < 4.78 is 12.0. The third-order valence-corrected chi connectivity index (χ3v) is 2.57. The summed E-state index contributed by atoms with van der Waals surface area (Å²) in [4.78, 5) is 13.9. The van der Waals surface area contributed by atoms with E-state index in [1.165, 1.54) is 6.08 Å². The fourth-order valence-corrected chi connectivity index (χ4v) is 1.74. The molecule has 0 aromatic heterocycles. The van der Waals surface area contributed by atoms with E-state index in [1.807, 2.05) is 0 Å². The van der Waals surface area contributed by atoms with Gasteiger partial charge in [-0.05, 0) is 12.1 Å². The zero-order valence-electron chi connectivity index (χ0n) is 6.46. The lowest BCUT2D eigenvalue weighted by atomic mass is 10.3. The second kappa shape index (κ2) is 5.02. The van der Waals surface area contributed by atoms with Crippen LogP contribution in [0.25, 0.3) is 0 Å². The number of hydrogen-bond acceptors (Lipinski definition) is 3. The number of hydrogen-bond donors (Lipinski definition) is 0. The summed E-state index contributed by atoms with van der Waals surface area (Å²) in [6, 6.07) is 4.23. The predicted molar refractivity (Wildman–Crippen MR) is 51.1 cm³/mol. The van der Waals surface area contributed by atoms with Gasteiger partial charge in [0.1, 0.15) is 6.01 Å². The van der Waals surface area contributed by atoms with E-state index in [0.717, 1.165) is 11.8 Å². The zero-order valence-corrected chi connectivity index (χ0v) is 8.03. The van der Waals surface area contributed by atoms with Crippen molar-refractivity contribution in [1.29, 1.82) is 0 Å². The van der Waals surface area contributed by atoms with Gasteiger partial charge in [0.05, 0.1) is 15.6 Å². The highest BCUT2D eigenvalue weighted by Crippen LogP contribution is 2.35. The van der Waals surface area contributed by atoms with Gasteiger partial charge in [-0.3, -0.25) is 0 Å². The van der Waals surface area contributed by atoms with Crippen molar-refractivity contribution in [2.75, 3.05) is 6.01 Å². The van der Waals surface area contributed by atoms with Gasteiger partial charge in [-0.25, -0.2) is 9.18 Å². The maximum atomic E-state index is 12.0. The number of rotatable bonds is 3. The fraction of sp³-hybridized carbons (Fsp3) is 0.125. The van der Waals surface area contributed by atoms with Crippen LogP contribution < -0.4 is 0 Å². The van der Waals surface area contributed by atoms with Gasteiger partial charge in [0.2, 0.25) is 6.08 Å². The van der Waals surface area contributed by atoms with Gasteiger partial charge in [0.25, 0.3) is 0 Å². The molecular weight excluding hydrogens is 213 g/mol. The standard InChI is InChI=1S/C8H5ClFNOS/c9-6-2-1-3-7(11-5-12)8(6)13-4-10/h1-3H,4H2. The molecule has 0 saturated heterocycles. The second-order valence-corrected chi connectivity index (χ2v) is 3.37. The number of carbonyl (C=O) groups excluding carboxylic acids is 1. The van der Waals surface area contributed by atoms with Crippen LogP contribution in [0.5, 0.6) is 0 Å². The van der Waals surface area contributed by atoms with E-state index in [9.17, 15) is 9.18 Å². The number of aliphatic imine (C=N–C) groups is 1. The number of nitrogens with zero attached hydrogens (tertiary/aromatic N) is 1. The van der Waals surface area contributed by atoms with Crippen molar-refractivity contribution >= 4 is 35.1 Å². The van der Waals surface area contributed by atoms with Gasteiger partial charge in [-0.2, -0.15) is 4.99 Å². The van der Waals surface area contributed by atoms with E-state index in [0.29, 0.717) is 15.6 Å². The third-order valence-electron chi connectivity index (χ3n) is 1.31. The first kappa shape index (κ1) is 10.3. The van der Waals surface area contributed by atoms with Gasteiger partial charge in [0.15, 0.2) is 0 Å².